The van der Waals surface area contributed by atoms with Gasteiger partial charge < -0.3 is 19.3 Å². The van der Waals surface area contributed by atoms with Gasteiger partial charge in [0.1, 0.15) is 17.2 Å². The number of carbonyl (C=O) groups is 1. The first kappa shape index (κ1) is 28.8. The Balaban J connectivity index is 1.83. The summed E-state index contributed by atoms with van der Waals surface area (Å²) < 4.78 is 88.1. The van der Waals surface area contributed by atoms with Crippen molar-refractivity contribution >= 4 is 23.3 Å². The van der Waals surface area contributed by atoms with Gasteiger partial charge in [-0.3, -0.25) is 0 Å². The number of hydrogen-bond acceptors (Lipinski definition) is 5. The molecule has 0 fully saturated rings. The number of ether oxygens (including phenoxy) is 3. The number of halogens is 6. The molecule has 0 aliphatic rings. The number of benzene rings is 3. The molecule has 38 heavy (non-hydrogen) atoms. The predicted octanol–water partition coefficient (Wildman–Crippen LogP) is 7.48. The van der Waals surface area contributed by atoms with Gasteiger partial charge in [0.25, 0.3) is 0 Å². The van der Waals surface area contributed by atoms with Crippen molar-refractivity contribution in [2.75, 3.05) is 12.4 Å². The fourth-order valence-electron chi connectivity index (χ4n) is 3.31. The van der Waals surface area contributed by atoms with Gasteiger partial charge >= 0.3 is 18.7 Å². The van der Waals surface area contributed by atoms with E-state index in [1.165, 1.54) is 36.0 Å². The first-order chi connectivity index (χ1) is 17.8. The lowest BCUT2D eigenvalue weighted by molar-refractivity contribution is -0.275. The first-order valence-corrected chi connectivity index (χ1v) is 11.8. The maximum Gasteiger partial charge on any atom is 0.573 e. The van der Waals surface area contributed by atoms with E-state index in [1.54, 1.807) is 25.1 Å². The van der Waals surface area contributed by atoms with Crippen LogP contribution in [0.2, 0.25) is 0 Å². The van der Waals surface area contributed by atoms with E-state index in [9.17, 15) is 31.1 Å². The Kier molecular flexibility index (Phi) is 9.21. The molecule has 0 radical (unpaired) electrons. The van der Waals surface area contributed by atoms with Crippen molar-refractivity contribution in [1.82, 2.24) is 0 Å². The molecule has 0 bridgehead atoms. The smallest absolute Gasteiger partial charge is 0.482 e. The second kappa shape index (κ2) is 12.2. The highest BCUT2D eigenvalue weighted by Gasteiger charge is 2.31. The van der Waals surface area contributed by atoms with Crippen LogP contribution >= 0.6 is 11.8 Å². The number of alkyl halides is 6. The first-order valence-electron chi connectivity index (χ1n) is 10.8. The van der Waals surface area contributed by atoms with Crippen molar-refractivity contribution < 1.29 is 50.5 Å². The van der Waals surface area contributed by atoms with Crippen LogP contribution < -0.4 is 14.2 Å². The van der Waals surface area contributed by atoms with Crippen LogP contribution in [0.25, 0.3) is 5.57 Å². The fraction of sp³-hybridized carbons (Fsp3) is 0.192. The van der Waals surface area contributed by atoms with Gasteiger partial charge in [0.05, 0.1) is 0 Å². The summed E-state index contributed by atoms with van der Waals surface area (Å²) in [5.41, 5.74) is 2.31. The van der Waals surface area contributed by atoms with Gasteiger partial charge in [0.15, 0.2) is 6.61 Å². The molecule has 1 N–H and O–H groups in total. The third kappa shape index (κ3) is 9.25. The Labute approximate surface area is 217 Å². The van der Waals surface area contributed by atoms with E-state index in [4.69, 9.17) is 9.84 Å². The number of aryl methyl sites for hydroxylation is 1. The van der Waals surface area contributed by atoms with Crippen molar-refractivity contribution in [3.05, 3.63) is 89.5 Å². The molecule has 3 aromatic rings. The molecule has 3 aromatic carbocycles. The standard InChI is InChI=1S/C26H20F6O5S/c1-16-14-21(10-11-23(16)35-15-24(33)34)38-13-12-22(17-2-6-19(7-3-17)36-25(27,28)29)18-4-8-20(9-5-18)37-26(30,31)32/h2-12,14H,13,15H2,1H3,(H,33,34). The summed E-state index contributed by atoms with van der Waals surface area (Å²) in [5.74, 6) is -1.10. The van der Waals surface area contributed by atoms with Crippen LogP contribution in [0.3, 0.4) is 0 Å². The molecule has 0 saturated carbocycles. The summed E-state index contributed by atoms with van der Waals surface area (Å²) in [6.45, 7) is 1.29. The van der Waals surface area contributed by atoms with Crippen LogP contribution in [0.4, 0.5) is 26.3 Å². The third-order valence-electron chi connectivity index (χ3n) is 4.83. The summed E-state index contributed by atoms with van der Waals surface area (Å²) in [4.78, 5) is 11.5. The van der Waals surface area contributed by atoms with Crippen LogP contribution in [-0.2, 0) is 4.79 Å². The van der Waals surface area contributed by atoms with Gasteiger partial charge in [-0.15, -0.1) is 38.1 Å². The largest absolute Gasteiger partial charge is 0.573 e. The lowest BCUT2D eigenvalue weighted by Crippen LogP contribution is -2.17. The average Bonchev–Trinajstić information content (AvgIpc) is 2.81. The maximum absolute atomic E-state index is 12.5. The zero-order valence-electron chi connectivity index (χ0n) is 19.6. The Bertz CT molecular complexity index is 1210. The van der Waals surface area contributed by atoms with Crippen molar-refractivity contribution in [3.63, 3.8) is 0 Å². The summed E-state index contributed by atoms with van der Waals surface area (Å²) >= 11 is 1.41. The lowest BCUT2D eigenvalue weighted by atomic mass is 9.97. The quantitative estimate of drug-likeness (QED) is 0.206. The molecule has 0 aliphatic carbocycles. The van der Waals surface area contributed by atoms with Gasteiger partial charge in [-0.05, 0) is 71.7 Å². The third-order valence-corrected chi connectivity index (χ3v) is 5.75. The van der Waals surface area contributed by atoms with Crippen molar-refractivity contribution in [2.45, 2.75) is 24.5 Å². The minimum atomic E-state index is -4.85. The number of rotatable bonds is 10. The highest BCUT2D eigenvalue weighted by Crippen LogP contribution is 2.32. The number of aliphatic carboxylic acids is 1. The number of carboxylic acid groups (broad SMARTS) is 1. The molecule has 202 valence electrons. The zero-order valence-corrected chi connectivity index (χ0v) is 20.4. The van der Waals surface area contributed by atoms with Crippen molar-refractivity contribution in [1.29, 1.82) is 0 Å². The van der Waals surface area contributed by atoms with Crippen LogP contribution in [-0.4, -0.2) is 36.2 Å². The Morgan fingerprint density at radius 3 is 1.76 bits per heavy atom. The zero-order chi connectivity index (χ0) is 27.9. The molecular formula is C26H20F6O5S. The van der Waals surface area contributed by atoms with E-state index in [0.29, 0.717) is 28.2 Å². The van der Waals surface area contributed by atoms with E-state index in [1.807, 2.05) is 6.07 Å². The molecule has 0 aromatic heterocycles. The molecule has 0 unspecified atom stereocenters. The topological polar surface area (TPSA) is 65.0 Å². The van der Waals surface area contributed by atoms with Crippen LogP contribution in [0.5, 0.6) is 17.2 Å². The molecule has 0 aliphatic heterocycles. The minimum absolute atomic E-state index is 0.395. The minimum Gasteiger partial charge on any atom is -0.482 e. The monoisotopic (exact) mass is 558 g/mol. The van der Waals surface area contributed by atoms with Crippen LogP contribution in [0, 0.1) is 6.92 Å². The molecular weight excluding hydrogens is 538 g/mol. The molecule has 0 saturated heterocycles. The normalized spacial score (nSPS) is 11.6. The number of hydrogen-bond donors (Lipinski definition) is 1. The number of thioether (sulfide) groups is 1. The van der Waals surface area contributed by atoms with E-state index >= 15 is 0 Å². The van der Waals surface area contributed by atoms with Crippen LogP contribution in [0.15, 0.2) is 77.7 Å². The number of carboxylic acids is 1. The van der Waals surface area contributed by atoms with Gasteiger partial charge in [-0.25, -0.2) is 4.79 Å². The van der Waals surface area contributed by atoms with Crippen molar-refractivity contribution in [2.24, 2.45) is 0 Å². The highest BCUT2D eigenvalue weighted by molar-refractivity contribution is 7.99. The van der Waals surface area contributed by atoms with Gasteiger partial charge in [-0.2, -0.15) is 0 Å². The molecule has 12 heteroatoms. The molecule has 0 amide bonds. The Morgan fingerprint density at radius 1 is 0.842 bits per heavy atom. The molecule has 3 rings (SSSR count). The van der Waals surface area contributed by atoms with E-state index in [2.05, 4.69) is 9.47 Å². The second-order valence-electron chi connectivity index (χ2n) is 7.68. The van der Waals surface area contributed by atoms with Gasteiger partial charge in [0, 0.05) is 10.6 Å². The highest BCUT2D eigenvalue weighted by atomic mass is 32.2. The summed E-state index contributed by atoms with van der Waals surface area (Å²) in [7, 11) is 0. The summed E-state index contributed by atoms with van der Waals surface area (Å²) in [5, 5.41) is 8.76. The van der Waals surface area contributed by atoms with Crippen molar-refractivity contribution in [3.8, 4) is 17.2 Å². The predicted molar refractivity (Wildman–Crippen MR) is 128 cm³/mol. The fourth-order valence-corrected chi connectivity index (χ4v) is 4.18. The average molecular weight is 558 g/mol. The molecule has 5 nitrogen and oxygen atoms in total. The Morgan fingerprint density at radius 2 is 1.34 bits per heavy atom. The van der Waals surface area contributed by atoms with E-state index in [-0.39, 0.29) is 0 Å². The van der Waals surface area contributed by atoms with Gasteiger partial charge in [0.2, 0.25) is 0 Å². The van der Waals surface area contributed by atoms with Crippen LogP contribution in [0.1, 0.15) is 16.7 Å². The van der Waals surface area contributed by atoms with E-state index in [0.717, 1.165) is 34.7 Å². The lowest BCUT2D eigenvalue weighted by Gasteiger charge is -2.13. The molecule has 0 heterocycles. The molecule has 0 atom stereocenters. The SMILES string of the molecule is Cc1cc(SCC=C(c2ccc(OC(F)(F)F)cc2)c2ccc(OC(F)(F)F)cc2)ccc1OCC(=O)O. The second-order valence-corrected chi connectivity index (χ2v) is 8.78. The Hall–Kier alpha value is -3.80. The van der Waals surface area contributed by atoms with Gasteiger partial charge in [-0.1, -0.05) is 30.3 Å². The van der Waals surface area contributed by atoms with E-state index < -0.39 is 36.8 Å². The molecule has 0 spiro atoms. The summed E-state index contributed by atoms with van der Waals surface area (Å²) in [6.07, 6.45) is -7.91. The summed E-state index contributed by atoms with van der Waals surface area (Å²) in [6, 6.07) is 15.4. The maximum atomic E-state index is 12.5.